The predicted molar refractivity (Wildman–Crippen MR) is 59.9 cm³/mol. The van der Waals surface area contributed by atoms with E-state index in [-0.39, 0.29) is 31.0 Å². The Balaban J connectivity index is 2.13. The molecule has 106 valence electrons. The van der Waals surface area contributed by atoms with Gasteiger partial charge in [-0.1, -0.05) is 12.8 Å². The second-order valence-corrected chi connectivity index (χ2v) is 4.54. The van der Waals surface area contributed by atoms with Crippen LogP contribution < -0.4 is 11.1 Å². The molecule has 1 amide bonds. The predicted octanol–water partition coefficient (Wildman–Crippen LogP) is 1.34. The number of carbonyl (C=O) groups excluding carboxylic acids is 1. The van der Waals surface area contributed by atoms with Crippen molar-refractivity contribution in [1.82, 2.24) is 5.32 Å². The van der Waals surface area contributed by atoms with E-state index >= 15 is 0 Å². The highest BCUT2D eigenvalue weighted by Gasteiger charge is 2.27. The molecular formula is C11H19F3N2O2. The van der Waals surface area contributed by atoms with Crippen molar-refractivity contribution in [2.75, 3.05) is 13.2 Å². The summed E-state index contributed by atoms with van der Waals surface area (Å²) in [6.45, 7) is -1.55. The lowest BCUT2D eigenvalue weighted by Crippen LogP contribution is -2.49. The third-order valence-electron chi connectivity index (χ3n) is 2.90. The molecule has 0 aliphatic heterocycles. The molecule has 1 aliphatic carbocycles. The van der Waals surface area contributed by atoms with Gasteiger partial charge in [-0.2, -0.15) is 13.2 Å². The summed E-state index contributed by atoms with van der Waals surface area (Å²) in [6, 6.07) is -0.118. The van der Waals surface area contributed by atoms with E-state index in [0.717, 1.165) is 25.7 Å². The zero-order chi connectivity index (χ0) is 13.6. The Morgan fingerprint density at radius 2 is 2.00 bits per heavy atom. The number of alkyl halides is 3. The average molecular weight is 268 g/mol. The van der Waals surface area contributed by atoms with Crippen LogP contribution in [-0.4, -0.2) is 37.4 Å². The van der Waals surface area contributed by atoms with Crippen LogP contribution in [0.25, 0.3) is 0 Å². The SMILES string of the molecule is N[C@@H]1CCCC[C@H]1NC(=O)CCOCC(F)(F)F. The number of ether oxygens (including phenoxy) is 1. The van der Waals surface area contributed by atoms with E-state index in [1.54, 1.807) is 0 Å². The molecule has 2 atom stereocenters. The van der Waals surface area contributed by atoms with Gasteiger partial charge < -0.3 is 15.8 Å². The first-order valence-electron chi connectivity index (χ1n) is 6.08. The largest absolute Gasteiger partial charge is 0.411 e. The number of amides is 1. The van der Waals surface area contributed by atoms with E-state index in [2.05, 4.69) is 10.1 Å². The van der Waals surface area contributed by atoms with Gasteiger partial charge in [-0.05, 0) is 12.8 Å². The maximum Gasteiger partial charge on any atom is 0.411 e. The van der Waals surface area contributed by atoms with Gasteiger partial charge in [0.25, 0.3) is 0 Å². The van der Waals surface area contributed by atoms with Crippen LogP contribution in [0.2, 0.25) is 0 Å². The van der Waals surface area contributed by atoms with Crippen molar-refractivity contribution in [3.63, 3.8) is 0 Å². The summed E-state index contributed by atoms with van der Waals surface area (Å²) in [6.07, 6.45) is -0.640. The smallest absolute Gasteiger partial charge is 0.372 e. The van der Waals surface area contributed by atoms with Gasteiger partial charge in [0, 0.05) is 18.5 Å². The van der Waals surface area contributed by atoms with Gasteiger partial charge in [-0.3, -0.25) is 4.79 Å². The Labute approximate surface area is 104 Å². The van der Waals surface area contributed by atoms with Crippen LogP contribution in [0.1, 0.15) is 32.1 Å². The highest BCUT2D eigenvalue weighted by atomic mass is 19.4. The number of rotatable bonds is 5. The molecule has 1 aliphatic rings. The van der Waals surface area contributed by atoms with E-state index in [4.69, 9.17) is 5.73 Å². The fraction of sp³-hybridized carbons (Fsp3) is 0.909. The Hall–Kier alpha value is -0.820. The fourth-order valence-corrected chi connectivity index (χ4v) is 1.97. The summed E-state index contributed by atoms with van der Waals surface area (Å²) < 4.78 is 39.7. The number of hydrogen-bond donors (Lipinski definition) is 2. The first kappa shape index (κ1) is 15.2. The standard InChI is InChI=1S/C11H19F3N2O2/c12-11(13,14)7-18-6-5-10(17)16-9-4-2-1-3-8(9)15/h8-9H,1-7,15H2,(H,16,17)/t8-,9-/m1/s1. The summed E-state index contributed by atoms with van der Waals surface area (Å²) in [7, 11) is 0. The number of nitrogens with two attached hydrogens (primary N) is 1. The van der Waals surface area contributed by atoms with Crippen LogP contribution in [0.5, 0.6) is 0 Å². The van der Waals surface area contributed by atoms with Crippen molar-refractivity contribution in [3.05, 3.63) is 0 Å². The number of hydrogen-bond acceptors (Lipinski definition) is 3. The molecule has 0 heterocycles. The third-order valence-corrected chi connectivity index (χ3v) is 2.90. The summed E-state index contributed by atoms with van der Waals surface area (Å²) in [5, 5.41) is 2.74. The van der Waals surface area contributed by atoms with Gasteiger partial charge in [0.15, 0.2) is 0 Å². The maximum absolute atomic E-state index is 11.8. The van der Waals surface area contributed by atoms with Crippen molar-refractivity contribution in [1.29, 1.82) is 0 Å². The molecule has 1 saturated carbocycles. The van der Waals surface area contributed by atoms with E-state index in [0.29, 0.717) is 0 Å². The first-order valence-corrected chi connectivity index (χ1v) is 6.08. The van der Waals surface area contributed by atoms with Gasteiger partial charge in [0.05, 0.1) is 6.61 Å². The molecule has 3 N–H and O–H groups in total. The summed E-state index contributed by atoms with van der Waals surface area (Å²) >= 11 is 0. The van der Waals surface area contributed by atoms with E-state index in [1.165, 1.54) is 0 Å². The zero-order valence-electron chi connectivity index (χ0n) is 10.1. The van der Waals surface area contributed by atoms with Crippen molar-refractivity contribution in [2.24, 2.45) is 5.73 Å². The second kappa shape index (κ2) is 6.94. The van der Waals surface area contributed by atoms with E-state index in [9.17, 15) is 18.0 Å². The Bertz CT molecular complexity index is 272. The molecule has 0 saturated heterocycles. The van der Waals surface area contributed by atoms with Crippen LogP contribution in [-0.2, 0) is 9.53 Å². The normalized spacial score (nSPS) is 24.9. The zero-order valence-corrected chi connectivity index (χ0v) is 10.1. The molecule has 0 aromatic heterocycles. The molecule has 4 nitrogen and oxygen atoms in total. The lowest BCUT2D eigenvalue weighted by molar-refractivity contribution is -0.174. The van der Waals surface area contributed by atoms with Crippen molar-refractivity contribution < 1.29 is 22.7 Å². The van der Waals surface area contributed by atoms with E-state index < -0.39 is 12.8 Å². The summed E-state index contributed by atoms with van der Waals surface area (Å²) in [5.41, 5.74) is 5.84. The highest BCUT2D eigenvalue weighted by Crippen LogP contribution is 2.17. The molecule has 7 heteroatoms. The van der Waals surface area contributed by atoms with Crippen LogP contribution in [0.3, 0.4) is 0 Å². The molecule has 0 bridgehead atoms. The lowest BCUT2D eigenvalue weighted by Gasteiger charge is -2.29. The minimum Gasteiger partial charge on any atom is -0.372 e. The van der Waals surface area contributed by atoms with Gasteiger partial charge in [-0.25, -0.2) is 0 Å². The quantitative estimate of drug-likeness (QED) is 0.740. The highest BCUT2D eigenvalue weighted by molar-refractivity contribution is 5.76. The van der Waals surface area contributed by atoms with Crippen LogP contribution in [0, 0.1) is 0 Å². The van der Waals surface area contributed by atoms with Crippen molar-refractivity contribution >= 4 is 5.91 Å². The molecule has 1 rings (SSSR count). The van der Waals surface area contributed by atoms with E-state index in [1.807, 2.05) is 0 Å². The Morgan fingerprint density at radius 1 is 1.33 bits per heavy atom. The van der Waals surface area contributed by atoms with Gasteiger partial charge in [0.1, 0.15) is 6.61 Å². The Morgan fingerprint density at radius 3 is 2.61 bits per heavy atom. The number of carbonyl (C=O) groups is 1. The monoisotopic (exact) mass is 268 g/mol. The molecule has 1 fully saturated rings. The van der Waals surface area contributed by atoms with Crippen molar-refractivity contribution in [3.8, 4) is 0 Å². The summed E-state index contributed by atoms with van der Waals surface area (Å²) in [4.78, 5) is 11.5. The number of halogens is 3. The van der Waals surface area contributed by atoms with Gasteiger partial charge in [0.2, 0.25) is 5.91 Å². The number of nitrogens with one attached hydrogen (secondary N) is 1. The van der Waals surface area contributed by atoms with Crippen LogP contribution in [0.15, 0.2) is 0 Å². The van der Waals surface area contributed by atoms with Gasteiger partial charge >= 0.3 is 6.18 Å². The van der Waals surface area contributed by atoms with Crippen molar-refractivity contribution in [2.45, 2.75) is 50.4 Å². The lowest BCUT2D eigenvalue weighted by atomic mass is 9.91. The molecule has 0 unspecified atom stereocenters. The fourth-order valence-electron chi connectivity index (χ4n) is 1.97. The topological polar surface area (TPSA) is 64.3 Å². The maximum atomic E-state index is 11.8. The minimum absolute atomic E-state index is 0.0567. The summed E-state index contributed by atoms with van der Waals surface area (Å²) in [5.74, 6) is -0.306. The molecular weight excluding hydrogens is 249 g/mol. The molecule has 0 radical (unpaired) electrons. The molecule has 0 aromatic carbocycles. The molecule has 0 spiro atoms. The van der Waals surface area contributed by atoms with Crippen LogP contribution in [0.4, 0.5) is 13.2 Å². The molecule has 0 aromatic rings. The van der Waals surface area contributed by atoms with Crippen LogP contribution >= 0.6 is 0 Å². The first-order chi connectivity index (χ1) is 8.38. The average Bonchev–Trinajstić information content (AvgIpc) is 2.26. The minimum atomic E-state index is -4.35. The second-order valence-electron chi connectivity index (χ2n) is 4.54. The Kier molecular flexibility index (Phi) is 5.87. The molecule has 18 heavy (non-hydrogen) atoms. The third kappa shape index (κ3) is 6.20. The van der Waals surface area contributed by atoms with Gasteiger partial charge in [-0.15, -0.1) is 0 Å².